The molecule has 1 fully saturated rings. The molecule has 0 aromatic heterocycles. The van der Waals surface area contributed by atoms with Crippen LogP contribution >= 0.6 is 0 Å². The molecule has 0 atom stereocenters. The molecule has 2 rings (SSSR count). The first-order valence-electron chi connectivity index (χ1n) is 10.8. The first-order chi connectivity index (χ1) is 14.8. The number of rotatable bonds is 13. The Hall–Kier alpha value is 0.870. The molecule has 4 amide bonds. The third-order valence-electron chi connectivity index (χ3n) is 4.84. The Bertz CT molecular complexity index is 772. The van der Waals surface area contributed by atoms with E-state index >= 15 is 0 Å². The Morgan fingerprint density at radius 1 is 1.03 bits per heavy atom. The topological polar surface area (TPSA) is 109 Å². The fraction of sp³-hybridized carbons (Fsp3) is 0.565. The summed E-state index contributed by atoms with van der Waals surface area (Å²) in [6.07, 6.45) is 3.45. The minimum atomic E-state index is -0.571. The molecule has 1 aromatic carbocycles. The SMILES string of the molecule is CC(C)CCCCOCC[N-]C(=O)CC(=O)[N-]c1ccc(CC(=O)N2CCC2=O)cc1.[Rb+].[Rb+]. The summed E-state index contributed by atoms with van der Waals surface area (Å²) in [4.78, 5) is 48.2. The molecule has 10 heteroatoms. The number of benzene rings is 1. The Balaban J connectivity index is 0.00000512. The molecule has 1 heterocycles. The Kier molecular flexibility index (Phi) is 19.5. The monoisotopic (exact) mass is 599 g/mol. The van der Waals surface area contributed by atoms with Gasteiger partial charge in [-0.3, -0.25) is 14.5 Å². The van der Waals surface area contributed by atoms with E-state index in [4.69, 9.17) is 4.74 Å². The Labute approximate surface area is 294 Å². The van der Waals surface area contributed by atoms with E-state index in [1.165, 1.54) is 11.3 Å². The Morgan fingerprint density at radius 3 is 2.30 bits per heavy atom. The normalized spacial score (nSPS) is 12.3. The maximum absolute atomic E-state index is 12.0. The van der Waals surface area contributed by atoms with Crippen molar-refractivity contribution in [1.82, 2.24) is 4.90 Å². The number of β-lactam (4-membered cyclic amide) rings is 1. The molecule has 0 unspecified atom stereocenters. The van der Waals surface area contributed by atoms with Gasteiger partial charge in [0.1, 0.15) is 0 Å². The van der Waals surface area contributed by atoms with E-state index in [0.29, 0.717) is 37.8 Å². The molecule has 0 aliphatic carbocycles. The van der Waals surface area contributed by atoms with Gasteiger partial charge in [0.25, 0.3) is 0 Å². The maximum atomic E-state index is 12.0. The predicted octanol–water partition coefficient (Wildman–Crippen LogP) is -2.34. The number of likely N-dealkylation sites (tertiary alicyclic amines) is 1. The molecule has 1 aliphatic heterocycles. The summed E-state index contributed by atoms with van der Waals surface area (Å²) < 4.78 is 5.44. The molecule has 0 radical (unpaired) electrons. The van der Waals surface area contributed by atoms with Crippen LogP contribution in [-0.4, -0.2) is 54.8 Å². The second-order valence-electron chi connectivity index (χ2n) is 7.99. The summed E-state index contributed by atoms with van der Waals surface area (Å²) >= 11 is 0. The summed E-state index contributed by atoms with van der Waals surface area (Å²) in [5.74, 6) is -0.772. The average molecular weight is 600 g/mol. The van der Waals surface area contributed by atoms with Gasteiger partial charge >= 0.3 is 116 Å². The van der Waals surface area contributed by atoms with E-state index in [9.17, 15) is 19.2 Å². The van der Waals surface area contributed by atoms with E-state index in [1.807, 2.05) is 0 Å². The van der Waals surface area contributed by atoms with Crippen LogP contribution in [0.5, 0.6) is 0 Å². The second kappa shape index (κ2) is 19.0. The van der Waals surface area contributed by atoms with Crippen molar-refractivity contribution in [2.75, 3.05) is 26.3 Å². The molecular weight excluding hydrogens is 569 g/mol. The van der Waals surface area contributed by atoms with Crippen molar-refractivity contribution in [1.29, 1.82) is 0 Å². The van der Waals surface area contributed by atoms with E-state index in [0.717, 1.165) is 18.4 Å². The fourth-order valence-corrected chi connectivity index (χ4v) is 3.00. The quantitative estimate of drug-likeness (QED) is 0.143. The molecule has 1 aromatic rings. The van der Waals surface area contributed by atoms with Gasteiger partial charge in [0.2, 0.25) is 11.8 Å². The molecule has 0 N–H and O–H groups in total. The average Bonchev–Trinajstić information content (AvgIpc) is 2.69. The van der Waals surface area contributed by atoms with Gasteiger partial charge in [-0.15, -0.1) is 12.2 Å². The van der Waals surface area contributed by atoms with Crippen LogP contribution < -0.4 is 116 Å². The largest absolute Gasteiger partial charge is 1.00 e. The molecule has 0 saturated carbocycles. The van der Waals surface area contributed by atoms with Crippen LogP contribution in [0.1, 0.15) is 51.5 Å². The van der Waals surface area contributed by atoms with E-state index in [1.54, 1.807) is 24.3 Å². The van der Waals surface area contributed by atoms with Crippen molar-refractivity contribution in [3.8, 4) is 0 Å². The predicted molar refractivity (Wildman–Crippen MR) is 117 cm³/mol. The minimum absolute atomic E-state index is 0. The molecule has 33 heavy (non-hydrogen) atoms. The molecule has 1 saturated heterocycles. The van der Waals surface area contributed by atoms with Crippen molar-refractivity contribution in [3.63, 3.8) is 0 Å². The van der Waals surface area contributed by atoms with Gasteiger partial charge in [0.15, 0.2) is 0 Å². The minimum Gasteiger partial charge on any atom is -0.651 e. The number of carbonyl (C=O) groups is 4. The molecule has 0 spiro atoms. The smallest absolute Gasteiger partial charge is 0.651 e. The van der Waals surface area contributed by atoms with Crippen LogP contribution in [0.15, 0.2) is 24.3 Å². The molecule has 8 nitrogen and oxygen atoms in total. The number of imide groups is 1. The van der Waals surface area contributed by atoms with Gasteiger partial charge in [-0.2, -0.15) is 0 Å². The number of hydrogen-bond acceptors (Lipinski definition) is 5. The number of nitrogens with zero attached hydrogens (tertiary/aromatic N) is 3. The summed E-state index contributed by atoms with van der Waals surface area (Å²) in [5, 5.41) is 7.71. The summed E-state index contributed by atoms with van der Waals surface area (Å²) in [5.41, 5.74) is 1.13. The third kappa shape index (κ3) is 14.3. The molecule has 1 aliphatic rings. The van der Waals surface area contributed by atoms with Crippen molar-refractivity contribution in [2.45, 2.75) is 52.4 Å². The van der Waals surface area contributed by atoms with Gasteiger partial charge in [0, 0.05) is 32.6 Å². The zero-order valence-corrected chi connectivity index (χ0v) is 30.2. The number of carbonyl (C=O) groups excluding carboxylic acids is 4. The van der Waals surface area contributed by atoms with Crippen molar-refractivity contribution < 1.29 is 140 Å². The Morgan fingerprint density at radius 2 is 1.73 bits per heavy atom. The van der Waals surface area contributed by atoms with Gasteiger partial charge < -0.3 is 25.0 Å². The van der Waals surface area contributed by atoms with Crippen LogP contribution in [0.2, 0.25) is 0 Å². The summed E-state index contributed by atoms with van der Waals surface area (Å²) in [7, 11) is 0. The van der Waals surface area contributed by atoms with Gasteiger partial charge in [0.05, 0.1) is 18.2 Å². The zero-order valence-electron chi connectivity index (χ0n) is 20.3. The fourth-order valence-electron chi connectivity index (χ4n) is 3.00. The van der Waals surface area contributed by atoms with Crippen LogP contribution in [0.25, 0.3) is 10.6 Å². The second-order valence-corrected chi connectivity index (χ2v) is 7.99. The van der Waals surface area contributed by atoms with Crippen LogP contribution in [0.3, 0.4) is 0 Å². The molecular formula is C23H31N3O5Rb2. The number of hydrogen-bond donors (Lipinski definition) is 0. The first kappa shape index (κ1) is 33.9. The van der Waals surface area contributed by atoms with E-state index in [2.05, 4.69) is 24.5 Å². The van der Waals surface area contributed by atoms with Crippen molar-refractivity contribution >= 4 is 29.3 Å². The van der Waals surface area contributed by atoms with Gasteiger partial charge in [-0.1, -0.05) is 51.0 Å². The van der Waals surface area contributed by atoms with Crippen LogP contribution in [-0.2, 0) is 30.3 Å². The van der Waals surface area contributed by atoms with Gasteiger partial charge in [-0.25, -0.2) is 0 Å². The molecule has 170 valence electrons. The number of ether oxygens (including phenoxy) is 1. The van der Waals surface area contributed by atoms with Crippen LogP contribution in [0.4, 0.5) is 5.69 Å². The van der Waals surface area contributed by atoms with E-state index in [-0.39, 0.29) is 148 Å². The summed E-state index contributed by atoms with van der Waals surface area (Å²) in [6, 6.07) is 6.57. The summed E-state index contributed by atoms with van der Waals surface area (Å²) in [6.45, 7) is 6.11. The number of unbranched alkanes of at least 4 members (excludes halogenated alkanes) is 1. The number of amides is 4. The van der Waals surface area contributed by atoms with Gasteiger partial charge in [-0.05, 0) is 17.9 Å². The van der Waals surface area contributed by atoms with Crippen molar-refractivity contribution in [2.24, 2.45) is 5.92 Å². The maximum Gasteiger partial charge on any atom is 1.00 e. The zero-order chi connectivity index (χ0) is 22.6. The van der Waals surface area contributed by atoms with Crippen molar-refractivity contribution in [3.05, 3.63) is 40.5 Å². The molecule has 0 bridgehead atoms. The van der Waals surface area contributed by atoms with Crippen LogP contribution in [0, 0.1) is 5.92 Å². The standard InChI is InChI=1S/C23H33N3O5.2Rb/c1-17(2)5-3-4-13-31-14-11-24-20(27)16-21(28)25-19-8-6-18(7-9-19)15-23(30)26-12-10-22(26)29;;/h6-9,17H,3-5,10-16H2,1-2H3,(H2,24,25,27,28);;/q;2*+1/p-2. The van der Waals surface area contributed by atoms with E-state index < -0.39 is 11.8 Å². The third-order valence-corrected chi connectivity index (χ3v) is 4.84. The first-order valence-corrected chi connectivity index (χ1v) is 10.8.